The molecule has 0 aliphatic heterocycles. The zero-order valence-corrected chi connectivity index (χ0v) is 12.6. The molecule has 1 fully saturated rings. The van der Waals surface area contributed by atoms with Gasteiger partial charge in [-0.05, 0) is 24.8 Å². The van der Waals surface area contributed by atoms with Crippen LogP contribution in [0.15, 0.2) is 23.8 Å². The summed E-state index contributed by atoms with van der Waals surface area (Å²) in [5.74, 6) is 0.282. The van der Waals surface area contributed by atoms with Crippen molar-refractivity contribution in [1.29, 1.82) is 0 Å². The number of hydrogen-bond acceptors (Lipinski definition) is 0. The van der Waals surface area contributed by atoms with Crippen molar-refractivity contribution in [3.8, 4) is 0 Å². The van der Waals surface area contributed by atoms with Gasteiger partial charge in [-0.2, -0.15) is 0 Å². The van der Waals surface area contributed by atoms with E-state index < -0.39 is 0 Å². The first kappa shape index (κ1) is 14.1. The zero-order chi connectivity index (χ0) is 13.0. The molecule has 0 saturated heterocycles. The molecule has 0 atom stereocenters. The molecule has 0 spiro atoms. The van der Waals surface area contributed by atoms with Gasteiger partial charge >= 0.3 is 0 Å². The van der Waals surface area contributed by atoms with Gasteiger partial charge in [0.2, 0.25) is 0 Å². The molecule has 0 unspecified atom stereocenters. The minimum Gasteiger partial charge on any atom is -0.205 e. The largest absolute Gasteiger partial charge is 0.205 e. The number of hydrogen-bond donors (Lipinski definition) is 0. The monoisotopic (exact) mass is 330 g/mol. The van der Waals surface area contributed by atoms with Crippen LogP contribution in [-0.2, 0) is 0 Å². The molecule has 18 heavy (non-hydrogen) atoms. The first-order valence-corrected chi connectivity index (χ1v) is 7.92. The van der Waals surface area contributed by atoms with E-state index in [4.69, 9.17) is 11.6 Å². The molecule has 2 rings (SSSR count). The van der Waals surface area contributed by atoms with Crippen LogP contribution in [0.5, 0.6) is 0 Å². The Morgan fingerprint density at radius 1 is 1.33 bits per heavy atom. The Morgan fingerprint density at radius 3 is 2.72 bits per heavy atom. The highest BCUT2D eigenvalue weighted by Crippen LogP contribution is 2.32. The maximum absolute atomic E-state index is 13.9. The fraction of sp³-hybridized carbons (Fsp3) is 0.467. The van der Waals surface area contributed by atoms with Gasteiger partial charge < -0.3 is 0 Å². The van der Waals surface area contributed by atoms with Crippen molar-refractivity contribution >= 4 is 33.6 Å². The van der Waals surface area contributed by atoms with Crippen LogP contribution in [0.1, 0.15) is 37.7 Å². The van der Waals surface area contributed by atoms with E-state index in [0.29, 0.717) is 11.5 Å². The van der Waals surface area contributed by atoms with Crippen LogP contribution < -0.4 is 0 Å². The van der Waals surface area contributed by atoms with Gasteiger partial charge in [0.15, 0.2) is 0 Å². The van der Waals surface area contributed by atoms with Crippen molar-refractivity contribution in [3.63, 3.8) is 0 Å². The van der Waals surface area contributed by atoms with Crippen LogP contribution in [0.25, 0.3) is 6.08 Å². The van der Waals surface area contributed by atoms with E-state index in [2.05, 4.69) is 15.9 Å². The predicted molar refractivity (Wildman–Crippen MR) is 79.8 cm³/mol. The summed E-state index contributed by atoms with van der Waals surface area (Å²) in [5, 5.41) is 1.00. The van der Waals surface area contributed by atoms with E-state index in [1.807, 2.05) is 6.08 Å². The quantitative estimate of drug-likeness (QED) is 0.611. The van der Waals surface area contributed by atoms with Gasteiger partial charge in [0.25, 0.3) is 0 Å². The van der Waals surface area contributed by atoms with Gasteiger partial charge in [0.1, 0.15) is 5.82 Å². The molecule has 0 nitrogen and oxygen atoms in total. The van der Waals surface area contributed by atoms with Gasteiger partial charge in [0, 0.05) is 10.9 Å². The Morgan fingerprint density at radius 2 is 2.06 bits per heavy atom. The van der Waals surface area contributed by atoms with Crippen LogP contribution in [-0.4, -0.2) is 5.33 Å². The lowest BCUT2D eigenvalue weighted by Crippen LogP contribution is -2.10. The summed E-state index contributed by atoms with van der Waals surface area (Å²) >= 11 is 9.34. The Kier molecular flexibility index (Phi) is 5.25. The maximum atomic E-state index is 13.9. The molecule has 1 saturated carbocycles. The summed E-state index contributed by atoms with van der Waals surface area (Å²) in [6.45, 7) is 0. The van der Waals surface area contributed by atoms with E-state index in [1.54, 1.807) is 18.2 Å². The third-order valence-corrected chi connectivity index (χ3v) is 4.55. The molecule has 0 amide bonds. The topological polar surface area (TPSA) is 0 Å². The summed E-state index contributed by atoms with van der Waals surface area (Å²) in [5.41, 5.74) is 1.89. The second-order valence-corrected chi connectivity index (χ2v) is 5.80. The summed E-state index contributed by atoms with van der Waals surface area (Å²) in [4.78, 5) is 0. The van der Waals surface area contributed by atoms with Crippen molar-refractivity contribution in [2.45, 2.75) is 32.1 Å². The SMILES string of the molecule is Fc1c(Cl)cccc1/C=C(/CBr)C1CCCCC1. The van der Waals surface area contributed by atoms with Crippen molar-refractivity contribution in [2.75, 3.05) is 5.33 Å². The van der Waals surface area contributed by atoms with E-state index in [1.165, 1.54) is 37.7 Å². The molecular formula is C15H17BrClF. The van der Waals surface area contributed by atoms with E-state index >= 15 is 0 Å². The van der Waals surface area contributed by atoms with E-state index in [0.717, 1.165) is 5.33 Å². The van der Waals surface area contributed by atoms with Crippen LogP contribution >= 0.6 is 27.5 Å². The molecule has 0 N–H and O–H groups in total. The van der Waals surface area contributed by atoms with Gasteiger partial charge in [0.05, 0.1) is 5.02 Å². The fourth-order valence-corrected chi connectivity index (χ4v) is 3.37. The normalized spacial score (nSPS) is 18.1. The Bertz CT molecular complexity index is 436. The maximum Gasteiger partial charge on any atom is 0.148 e. The Labute approximate surface area is 121 Å². The second kappa shape index (κ2) is 6.72. The number of rotatable bonds is 3. The highest BCUT2D eigenvalue weighted by molar-refractivity contribution is 9.09. The molecule has 1 aliphatic carbocycles. The van der Waals surface area contributed by atoms with Gasteiger partial charge in [-0.25, -0.2) is 4.39 Å². The second-order valence-electron chi connectivity index (χ2n) is 4.83. The minimum atomic E-state index is -0.312. The molecule has 1 aromatic rings. The fourth-order valence-electron chi connectivity index (χ4n) is 2.57. The average molecular weight is 332 g/mol. The number of alkyl halides is 1. The third kappa shape index (κ3) is 3.36. The molecule has 0 aromatic heterocycles. The lowest BCUT2D eigenvalue weighted by Gasteiger charge is -2.23. The summed E-state index contributed by atoms with van der Waals surface area (Å²) in [7, 11) is 0. The number of allylic oxidation sites excluding steroid dienone is 1. The van der Waals surface area contributed by atoms with Crippen molar-refractivity contribution < 1.29 is 4.39 Å². The number of halogens is 3. The van der Waals surface area contributed by atoms with Crippen molar-refractivity contribution in [1.82, 2.24) is 0 Å². The van der Waals surface area contributed by atoms with Gasteiger partial charge in [-0.15, -0.1) is 0 Å². The van der Waals surface area contributed by atoms with E-state index in [-0.39, 0.29) is 10.8 Å². The standard InChI is InChI=1S/C15H17BrClF/c16-10-13(11-5-2-1-3-6-11)9-12-7-4-8-14(17)15(12)18/h4,7-9,11H,1-3,5-6,10H2/b13-9-. The zero-order valence-electron chi connectivity index (χ0n) is 10.3. The van der Waals surface area contributed by atoms with Crippen LogP contribution in [0, 0.1) is 11.7 Å². The molecule has 98 valence electrons. The first-order chi connectivity index (χ1) is 8.72. The van der Waals surface area contributed by atoms with Crippen molar-refractivity contribution in [3.05, 3.63) is 40.2 Å². The molecule has 3 heteroatoms. The van der Waals surface area contributed by atoms with Gasteiger partial charge in [-0.1, -0.05) is 70.6 Å². The first-order valence-electron chi connectivity index (χ1n) is 6.43. The average Bonchev–Trinajstić information content (AvgIpc) is 2.41. The lowest BCUT2D eigenvalue weighted by molar-refractivity contribution is 0.405. The third-order valence-electron chi connectivity index (χ3n) is 3.61. The predicted octanol–water partition coefficient (Wildman–Crippen LogP) is 5.84. The summed E-state index contributed by atoms with van der Waals surface area (Å²) in [6.07, 6.45) is 8.31. The van der Waals surface area contributed by atoms with Gasteiger partial charge in [-0.3, -0.25) is 0 Å². The van der Waals surface area contributed by atoms with Crippen LogP contribution in [0.2, 0.25) is 5.02 Å². The summed E-state index contributed by atoms with van der Waals surface area (Å²) in [6, 6.07) is 5.17. The molecule has 0 bridgehead atoms. The Balaban J connectivity index is 2.25. The highest BCUT2D eigenvalue weighted by Gasteiger charge is 2.17. The van der Waals surface area contributed by atoms with Crippen LogP contribution in [0.3, 0.4) is 0 Å². The molecule has 0 radical (unpaired) electrons. The number of benzene rings is 1. The Hall–Kier alpha value is -0.340. The molecular weight excluding hydrogens is 315 g/mol. The van der Waals surface area contributed by atoms with Crippen molar-refractivity contribution in [2.24, 2.45) is 5.92 Å². The minimum absolute atomic E-state index is 0.196. The molecule has 0 heterocycles. The molecule has 1 aliphatic rings. The van der Waals surface area contributed by atoms with Crippen LogP contribution in [0.4, 0.5) is 4.39 Å². The van der Waals surface area contributed by atoms with E-state index in [9.17, 15) is 4.39 Å². The lowest BCUT2D eigenvalue weighted by atomic mass is 9.84. The highest BCUT2D eigenvalue weighted by atomic mass is 79.9. The summed E-state index contributed by atoms with van der Waals surface area (Å²) < 4.78 is 13.9. The molecule has 1 aromatic carbocycles. The smallest absolute Gasteiger partial charge is 0.148 e.